The van der Waals surface area contributed by atoms with Gasteiger partial charge in [-0.15, -0.1) is 24.0 Å². The highest BCUT2D eigenvalue weighted by atomic mass is 127. The average molecular weight is 552 g/mol. The lowest BCUT2D eigenvalue weighted by molar-refractivity contribution is 0.254. The minimum Gasteiger partial charge on any atom is -0.496 e. The van der Waals surface area contributed by atoms with Crippen molar-refractivity contribution in [2.24, 2.45) is 4.99 Å². The molecule has 1 aromatic carbocycles. The van der Waals surface area contributed by atoms with Crippen LogP contribution in [0, 0.1) is 0 Å². The molecule has 3 rings (SSSR count). The predicted octanol–water partition coefficient (Wildman–Crippen LogP) is 2.12. The first-order valence-electron chi connectivity index (χ1n) is 10.2. The Kier molecular flexibility index (Phi) is 9.04. The summed E-state index contributed by atoms with van der Waals surface area (Å²) < 4.78 is 37.0. The zero-order chi connectivity index (χ0) is 21.0. The van der Waals surface area contributed by atoms with Crippen LogP contribution in [0.1, 0.15) is 37.8 Å². The highest BCUT2D eigenvalue weighted by Crippen LogP contribution is 2.34. The van der Waals surface area contributed by atoms with Crippen molar-refractivity contribution in [3.05, 3.63) is 23.3 Å². The molecule has 0 saturated carbocycles. The first-order valence-corrected chi connectivity index (χ1v) is 11.8. The van der Waals surface area contributed by atoms with E-state index in [-0.39, 0.29) is 41.9 Å². The summed E-state index contributed by atoms with van der Waals surface area (Å²) in [6.45, 7) is 5.38. The monoisotopic (exact) mass is 552 g/mol. The summed E-state index contributed by atoms with van der Waals surface area (Å²) in [4.78, 5) is 4.31. The molecule has 8 nitrogen and oxygen atoms in total. The molecule has 0 radical (unpaired) electrons. The van der Waals surface area contributed by atoms with Crippen molar-refractivity contribution in [1.29, 1.82) is 0 Å². The Balaban J connectivity index is 0.00000320. The molecule has 170 valence electrons. The number of benzene rings is 1. The van der Waals surface area contributed by atoms with Crippen molar-refractivity contribution in [2.45, 2.75) is 51.8 Å². The predicted molar refractivity (Wildman–Crippen MR) is 130 cm³/mol. The Morgan fingerprint density at radius 2 is 2.03 bits per heavy atom. The van der Waals surface area contributed by atoms with E-state index in [4.69, 9.17) is 9.47 Å². The summed E-state index contributed by atoms with van der Waals surface area (Å²) in [5.41, 5.74) is 2.18. The van der Waals surface area contributed by atoms with Crippen molar-refractivity contribution in [1.82, 2.24) is 14.9 Å². The van der Waals surface area contributed by atoms with Crippen LogP contribution in [-0.4, -0.2) is 63.8 Å². The maximum atomic E-state index is 12.0. The summed E-state index contributed by atoms with van der Waals surface area (Å²) in [6.07, 6.45) is 2.60. The van der Waals surface area contributed by atoms with Gasteiger partial charge in [0.05, 0.1) is 12.9 Å². The molecule has 2 heterocycles. The first kappa shape index (κ1) is 25.0. The Morgan fingerprint density at radius 1 is 1.33 bits per heavy atom. The third-order valence-corrected chi connectivity index (χ3v) is 7.40. The number of halogens is 1. The topological polar surface area (TPSA) is 92.3 Å². The Hall–Kier alpha value is -1.27. The molecule has 30 heavy (non-hydrogen) atoms. The number of piperidine rings is 1. The maximum absolute atomic E-state index is 12.0. The number of ether oxygens (including phenoxy) is 2. The fourth-order valence-electron chi connectivity index (χ4n) is 3.84. The molecule has 1 saturated heterocycles. The van der Waals surface area contributed by atoms with E-state index in [2.05, 4.69) is 28.6 Å². The number of aliphatic imine (C=N–C) groups is 1. The van der Waals surface area contributed by atoms with Gasteiger partial charge < -0.3 is 20.1 Å². The van der Waals surface area contributed by atoms with Gasteiger partial charge in [0.25, 0.3) is 0 Å². The third-order valence-electron chi connectivity index (χ3n) is 5.52. The van der Waals surface area contributed by atoms with Crippen LogP contribution >= 0.6 is 24.0 Å². The maximum Gasteiger partial charge on any atom is 0.213 e. The first-order chi connectivity index (χ1) is 13.9. The van der Waals surface area contributed by atoms with E-state index in [9.17, 15) is 8.42 Å². The van der Waals surface area contributed by atoms with Crippen molar-refractivity contribution < 1.29 is 17.9 Å². The lowest BCUT2D eigenvalue weighted by atomic mass is 10.1. The molecule has 1 fully saturated rings. The number of nitrogens with zero attached hydrogens (tertiary/aromatic N) is 2. The van der Waals surface area contributed by atoms with E-state index in [1.807, 2.05) is 6.07 Å². The fourth-order valence-corrected chi connectivity index (χ4v) is 4.97. The molecular formula is C20H33IN4O4S. The fraction of sp³-hybridized carbons (Fsp3) is 0.650. The number of nitrogens with one attached hydrogen (secondary N) is 2. The number of fused-ring (bicyclic) bond motifs is 1. The van der Waals surface area contributed by atoms with Crippen LogP contribution in [0.3, 0.4) is 0 Å². The van der Waals surface area contributed by atoms with E-state index in [1.54, 1.807) is 25.4 Å². The smallest absolute Gasteiger partial charge is 0.213 e. The molecule has 0 bridgehead atoms. The molecule has 10 heteroatoms. The van der Waals surface area contributed by atoms with E-state index >= 15 is 0 Å². The van der Waals surface area contributed by atoms with Gasteiger partial charge >= 0.3 is 0 Å². The molecule has 2 N–H and O–H groups in total. The van der Waals surface area contributed by atoms with Crippen LogP contribution in [0.25, 0.3) is 0 Å². The van der Waals surface area contributed by atoms with Gasteiger partial charge in [-0.25, -0.2) is 12.7 Å². The van der Waals surface area contributed by atoms with Crippen LogP contribution in [0.5, 0.6) is 11.5 Å². The zero-order valence-corrected chi connectivity index (χ0v) is 21.2. The highest BCUT2D eigenvalue weighted by molar-refractivity contribution is 14.0. The molecule has 0 amide bonds. The van der Waals surface area contributed by atoms with Crippen molar-refractivity contribution >= 4 is 40.0 Å². The van der Waals surface area contributed by atoms with Crippen molar-refractivity contribution in [3.63, 3.8) is 0 Å². The van der Waals surface area contributed by atoms with Gasteiger partial charge in [0.15, 0.2) is 5.96 Å². The standard InChI is InChI=1S/C20H32N4O4S.HI/c1-5-29(25,26)24-8-6-17(7-9-24)23-20(21-3)22-13-16-12-19-15(10-14(2)28-19)11-18(16)27-4;/h11-12,14,17H,5-10,13H2,1-4H3,(H2,21,22,23);1H. The van der Waals surface area contributed by atoms with Crippen LogP contribution < -0.4 is 20.1 Å². The van der Waals surface area contributed by atoms with Gasteiger partial charge in [0, 0.05) is 50.3 Å². The molecule has 0 spiro atoms. The summed E-state index contributed by atoms with van der Waals surface area (Å²) in [5.74, 6) is 2.60. The van der Waals surface area contributed by atoms with Crippen LogP contribution in [0.2, 0.25) is 0 Å². The van der Waals surface area contributed by atoms with E-state index in [0.717, 1.165) is 36.3 Å². The second kappa shape index (κ2) is 10.9. The number of sulfonamides is 1. The molecule has 1 atom stereocenters. The molecule has 0 aromatic heterocycles. The Bertz CT molecular complexity index is 855. The summed E-state index contributed by atoms with van der Waals surface area (Å²) in [7, 11) is 0.301. The van der Waals surface area contributed by atoms with Gasteiger partial charge in [-0.3, -0.25) is 4.99 Å². The summed E-state index contributed by atoms with van der Waals surface area (Å²) in [6, 6.07) is 4.28. The van der Waals surface area contributed by atoms with Crippen molar-refractivity contribution in [2.75, 3.05) is 33.0 Å². The molecule has 2 aliphatic heterocycles. The number of guanidine groups is 1. The van der Waals surface area contributed by atoms with Crippen LogP contribution in [0.4, 0.5) is 0 Å². The lowest BCUT2D eigenvalue weighted by Gasteiger charge is -2.32. The molecule has 1 unspecified atom stereocenters. The highest BCUT2D eigenvalue weighted by Gasteiger charge is 2.27. The van der Waals surface area contributed by atoms with Crippen molar-refractivity contribution in [3.8, 4) is 11.5 Å². The molecule has 2 aliphatic rings. The Labute approximate surface area is 196 Å². The number of hydrogen-bond acceptors (Lipinski definition) is 5. The number of rotatable bonds is 6. The van der Waals surface area contributed by atoms with E-state index < -0.39 is 10.0 Å². The van der Waals surface area contributed by atoms with Gasteiger partial charge in [0.2, 0.25) is 10.0 Å². The Morgan fingerprint density at radius 3 is 2.63 bits per heavy atom. The third kappa shape index (κ3) is 5.91. The molecule has 1 aromatic rings. The molecular weight excluding hydrogens is 519 g/mol. The minimum atomic E-state index is -3.11. The van der Waals surface area contributed by atoms with Gasteiger partial charge in [-0.2, -0.15) is 0 Å². The second-order valence-corrected chi connectivity index (χ2v) is 9.81. The second-order valence-electron chi connectivity index (χ2n) is 7.55. The normalized spacial score (nSPS) is 20.1. The zero-order valence-electron chi connectivity index (χ0n) is 18.1. The number of methoxy groups -OCH3 is 1. The van der Waals surface area contributed by atoms with Gasteiger partial charge in [-0.05, 0) is 38.8 Å². The van der Waals surface area contributed by atoms with Gasteiger partial charge in [0.1, 0.15) is 17.6 Å². The average Bonchev–Trinajstić information content (AvgIpc) is 3.09. The summed E-state index contributed by atoms with van der Waals surface area (Å²) in [5, 5.41) is 6.74. The lowest BCUT2D eigenvalue weighted by Crippen LogP contribution is -2.49. The van der Waals surface area contributed by atoms with E-state index in [0.29, 0.717) is 25.6 Å². The van der Waals surface area contributed by atoms with E-state index in [1.165, 1.54) is 5.56 Å². The quantitative estimate of drug-likeness (QED) is 0.319. The SMILES string of the molecule is CCS(=O)(=O)N1CCC(NC(=NC)NCc2cc3c(cc2OC)CC(C)O3)CC1.I. The van der Waals surface area contributed by atoms with Crippen LogP contribution in [0.15, 0.2) is 17.1 Å². The van der Waals surface area contributed by atoms with Gasteiger partial charge in [-0.1, -0.05) is 0 Å². The largest absolute Gasteiger partial charge is 0.496 e. The molecule has 0 aliphatic carbocycles. The summed E-state index contributed by atoms with van der Waals surface area (Å²) >= 11 is 0. The van der Waals surface area contributed by atoms with Crippen LogP contribution in [-0.2, 0) is 23.0 Å². The minimum absolute atomic E-state index is 0. The number of hydrogen-bond donors (Lipinski definition) is 2.